The first-order valence-corrected chi connectivity index (χ1v) is 5.38. The second kappa shape index (κ2) is 6.98. The van der Waals surface area contributed by atoms with Crippen molar-refractivity contribution >= 4 is 17.7 Å². The van der Waals surface area contributed by atoms with Gasteiger partial charge in [-0.2, -0.15) is 0 Å². The first-order chi connectivity index (χ1) is 7.38. The average Bonchev–Trinajstić information content (AvgIpc) is 2.16. The highest BCUT2D eigenvalue weighted by atomic mass is 16.5. The van der Waals surface area contributed by atoms with Gasteiger partial charge >= 0.3 is 5.97 Å². The number of amides is 1. The summed E-state index contributed by atoms with van der Waals surface area (Å²) in [5, 5.41) is 2.31. The molecule has 16 heavy (non-hydrogen) atoms. The summed E-state index contributed by atoms with van der Waals surface area (Å²) in [5.74, 6) is -1.65. The fourth-order valence-electron chi connectivity index (χ4n) is 1.07. The summed E-state index contributed by atoms with van der Waals surface area (Å²) in [6.45, 7) is 7.10. The van der Waals surface area contributed by atoms with Crippen LogP contribution in [-0.4, -0.2) is 30.3 Å². The van der Waals surface area contributed by atoms with Gasteiger partial charge in [0.2, 0.25) is 5.78 Å². The molecule has 0 heterocycles. The van der Waals surface area contributed by atoms with E-state index < -0.39 is 23.7 Å². The second-order valence-corrected chi connectivity index (χ2v) is 3.97. The minimum absolute atomic E-state index is 0.121. The largest absolute Gasteiger partial charge is 0.464 e. The van der Waals surface area contributed by atoms with Crippen molar-refractivity contribution in [3.63, 3.8) is 0 Å². The van der Waals surface area contributed by atoms with Crippen LogP contribution in [0.2, 0.25) is 0 Å². The van der Waals surface area contributed by atoms with E-state index in [-0.39, 0.29) is 18.9 Å². The zero-order valence-electron chi connectivity index (χ0n) is 10.2. The Bertz CT molecular complexity index is 273. The van der Waals surface area contributed by atoms with Crippen molar-refractivity contribution in [1.82, 2.24) is 5.32 Å². The van der Waals surface area contributed by atoms with Crippen LogP contribution in [-0.2, 0) is 19.1 Å². The Balaban J connectivity index is 4.13. The van der Waals surface area contributed by atoms with Gasteiger partial charge in [-0.3, -0.25) is 9.59 Å². The van der Waals surface area contributed by atoms with Gasteiger partial charge in [0.1, 0.15) is 6.04 Å². The molecule has 0 saturated heterocycles. The van der Waals surface area contributed by atoms with E-state index in [0.717, 1.165) is 0 Å². The first kappa shape index (κ1) is 14.6. The number of ketones is 1. The van der Waals surface area contributed by atoms with Crippen molar-refractivity contribution in [2.45, 2.75) is 40.2 Å². The zero-order valence-corrected chi connectivity index (χ0v) is 10.2. The van der Waals surface area contributed by atoms with Gasteiger partial charge in [-0.15, -0.1) is 0 Å². The Hall–Kier alpha value is -1.39. The maximum atomic E-state index is 11.3. The normalized spacial score (nSPS) is 12.1. The molecular weight excluding hydrogens is 210 g/mol. The Labute approximate surface area is 95.5 Å². The third-order valence-corrected chi connectivity index (χ3v) is 1.83. The van der Waals surface area contributed by atoms with Crippen LogP contribution >= 0.6 is 0 Å². The standard InChI is InChI=1S/C11H19NO4/c1-5-16-11(15)8(4)12-10(14)9(13)6-7(2)3/h7-8H,5-6H2,1-4H3,(H,12,14)/t8-/m0/s1. The molecule has 0 fully saturated rings. The highest BCUT2D eigenvalue weighted by Crippen LogP contribution is 2.00. The number of ether oxygens (including phenoxy) is 1. The predicted molar refractivity (Wildman–Crippen MR) is 58.7 cm³/mol. The molecule has 0 radical (unpaired) electrons. The Morgan fingerprint density at radius 1 is 1.19 bits per heavy atom. The van der Waals surface area contributed by atoms with Crippen molar-refractivity contribution in [2.24, 2.45) is 5.92 Å². The molecule has 0 bridgehead atoms. The monoisotopic (exact) mass is 229 g/mol. The zero-order chi connectivity index (χ0) is 12.7. The summed E-state index contributed by atoms with van der Waals surface area (Å²) < 4.78 is 4.70. The minimum Gasteiger partial charge on any atom is -0.464 e. The fraction of sp³-hybridized carbons (Fsp3) is 0.727. The molecule has 0 rings (SSSR count). The number of carbonyl (C=O) groups excluding carboxylic acids is 3. The molecule has 92 valence electrons. The van der Waals surface area contributed by atoms with Crippen molar-refractivity contribution in [1.29, 1.82) is 0 Å². The second-order valence-electron chi connectivity index (χ2n) is 3.97. The topological polar surface area (TPSA) is 72.5 Å². The predicted octanol–water partition coefficient (Wildman–Crippen LogP) is 0.669. The third-order valence-electron chi connectivity index (χ3n) is 1.83. The number of hydrogen-bond donors (Lipinski definition) is 1. The average molecular weight is 229 g/mol. The molecule has 5 heteroatoms. The summed E-state index contributed by atoms with van der Waals surface area (Å²) in [6.07, 6.45) is 0.182. The maximum absolute atomic E-state index is 11.3. The number of rotatable bonds is 6. The molecule has 0 aromatic carbocycles. The van der Waals surface area contributed by atoms with E-state index in [1.54, 1.807) is 6.92 Å². The van der Waals surface area contributed by atoms with Crippen LogP contribution in [0.4, 0.5) is 0 Å². The van der Waals surface area contributed by atoms with Crippen LogP contribution in [0.3, 0.4) is 0 Å². The Morgan fingerprint density at radius 2 is 1.75 bits per heavy atom. The molecule has 0 aromatic rings. The van der Waals surface area contributed by atoms with E-state index in [1.165, 1.54) is 6.92 Å². The highest BCUT2D eigenvalue weighted by Gasteiger charge is 2.21. The van der Waals surface area contributed by atoms with Gasteiger partial charge < -0.3 is 10.1 Å². The molecule has 1 N–H and O–H groups in total. The fourth-order valence-corrected chi connectivity index (χ4v) is 1.07. The van der Waals surface area contributed by atoms with Crippen LogP contribution in [0.1, 0.15) is 34.1 Å². The van der Waals surface area contributed by atoms with E-state index in [4.69, 9.17) is 4.74 Å². The van der Waals surface area contributed by atoms with E-state index in [1.807, 2.05) is 13.8 Å². The molecule has 0 aliphatic rings. The summed E-state index contributed by atoms with van der Waals surface area (Å²) in [4.78, 5) is 33.8. The molecule has 1 atom stereocenters. The lowest BCUT2D eigenvalue weighted by Crippen LogP contribution is -2.43. The van der Waals surface area contributed by atoms with Gasteiger partial charge in [0, 0.05) is 6.42 Å². The molecular formula is C11H19NO4. The lowest BCUT2D eigenvalue weighted by Gasteiger charge is -2.12. The van der Waals surface area contributed by atoms with Crippen molar-refractivity contribution in [2.75, 3.05) is 6.61 Å². The molecule has 0 spiro atoms. The summed E-state index contributed by atoms with van der Waals surface area (Å²) >= 11 is 0. The van der Waals surface area contributed by atoms with Gasteiger partial charge in [0.05, 0.1) is 6.61 Å². The van der Waals surface area contributed by atoms with E-state index >= 15 is 0 Å². The van der Waals surface area contributed by atoms with Crippen molar-refractivity contribution < 1.29 is 19.1 Å². The number of Topliss-reactive ketones (excluding diaryl/α,β-unsaturated/α-hetero) is 1. The maximum Gasteiger partial charge on any atom is 0.328 e. The van der Waals surface area contributed by atoms with E-state index in [2.05, 4.69) is 5.32 Å². The summed E-state index contributed by atoms with van der Waals surface area (Å²) in [6, 6.07) is -0.788. The quantitative estimate of drug-likeness (QED) is 0.536. The SMILES string of the molecule is CCOC(=O)[C@H](C)NC(=O)C(=O)CC(C)C. The highest BCUT2D eigenvalue weighted by molar-refractivity contribution is 6.36. The van der Waals surface area contributed by atoms with Crippen LogP contribution in [0.15, 0.2) is 0 Å². The number of carbonyl (C=O) groups is 3. The van der Waals surface area contributed by atoms with Gasteiger partial charge in [0.15, 0.2) is 0 Å². The van der Waals surface area contributed by atoms with Crippen LogP contribution in [0, 0.1) is 5.92 Å². The molecule has 1 amide bonds. The number of nitrogens with one attached hydrogen (secondary N) is 1. The Kier molecular flexibility index (Phi) is 6.37. The van der Waals surface area contributed by atoms with Gasteiger partial charge in [-0.1, -0.05) is 13.8 Å². The minimum atomic E-state index is -0.788. The van der Waals surface area contributed by atoms with Crippen LogP contribution in [0.5, 0.6) is 0 Å². The molecule has 0 saturated carbocycles. The van der Waals surface area contributed by atoms with Crippen molar-refractivity contribution in [3.8, 4) is 0 Å². The van der Waals surface area contributed by atoms with Crippen LogP contribution < -0.4 is 5.32 Å². The van der Waals surface area contributed by atoms with Gasteiger partial charge in [-0.25, -0.2) is 4.79 Å². The van der Waals surface area contributed by atoms with E-state index in [0.29, 0.717) is 0 Å². The van der Waals surface area contributed by atoms with E-state index in [9.17, 15) is 14.4 Å². The van der Waals surface area contributed by atoms with Crippen molar-refractivity contribution in [3.05, 3.63) is 0 Å². The molecule has 0 aromatic heterocycles. The molecule has 0 unspecified atom stereocenters. The molecule has 0 aliphatic carbocycles. The lowest BCUT2D eigenvalue weighted by atomic mass is 10.1. The van der Waals surface area contributed by atoms with Crippen LogP contribution in [0.25, 0.3) is 0 Å². The first-order valence-electron chi connectivity index (χ1n) is 5.38. The Morgan fingerprint density at radius 3 is 2.19 bits per heavy atom. The summed E-state index contributed by atoms with van der Waals surface area (Å²) in [7, 11) is 0. The number of hydrogen-bond acceptors (Lipinski definition) is 4. The molecule has 5 nitrogen and oxygen atoms in total. The van der Waals surface area contributed by atoms with Gasteiger partial charge in [0.25, 0.3) is 5.91 Å². The lowest BCUT2D eigenvalue weighted by molar-refractivity contribution is -0.148. The number of esters is 1. The third kappa shape index (κ3) is 5.48. The molecule has 0 aliphatic heterocycles. The smallest absolute Gasteiger partial charge is 0.328 e. The summed E-state index contributed by atoms with van der Waals surface area (Å²) in [5.41, 5.74) is 0. The van der Waals surface area contributed by atoms with Gasteiger partial charge in [-0.05, 0) is 19.8 Å².